The van der Waals surface area contributed by atoms with Crippen LogP contribution >= 0.6 is 23.2 Å². The molecule has 20 heavy (non-hydrogen) atoms. The molecule has 0 bridgehead atoms. The summed E-state index contributed by atoms with van der Waals surface area (Å²) in [5.74, 6) is 0.705. The molecular formula is C14H13Cl2N3O. The van der Waals surface area contributed by atoms with Crippen LogP contribution in [-0.4, -0.2) is 36.3 Å². The molecule has 1 aliphatic rings. The molecule has 2 heterocycles. The van der Waals surface area contributed by atoms with Gasteiger partial charge in [0, 0.05) is 29.9 Å². The van der Waals surface area contributed by atoms with Gasteiger partial charge in [-0.05, 0) is 24.3 Å². The third-order valence-corrected chi connectivity index (χ3v) is 3.69. The lowest BCUT2D eigenvalue weighted by Gasteiger charge is -2.26. The van der Waals surface area contributed by atoms with E-state index in [0.29, 0.717) is 29.2 Å². The molecule has 0 radical (unpaired) electrons. The average molecular weight is 310 g/mol. The molecule has 0 atom stereocenters. The standard InChI is InChI=1S/C14H13Cl2N3O/c15-10-1-2-11(12(16)9-10)13-3-4-17-14(18-13)19-5-7-20-8-6-19/h1-4,9H,5-8H2. The molecular weight excluding hydrogens is 297 g/mol. The number of morpholine rings is 1. The van der Waals surface area contributed by atoms with E-state index >= 15 is 0 Å². The van der Waals surface area contributed by atoms with E-state index in [9.17, 15) is 0 Å². The number of hydrogen-bond donors (Lipinski definition) is 0. The Labute approximate surface area is 127 Å². The predicted octanol–water partition coefficient (Wildman–Crippen LogP) is 3.29. The molecule has 104 valence electrons. The van der Waals surface area contributed by atoms with E-state index < -0.39 is 0 Å². The molecule has 0 saturated carbocycles. The normalized spacial score (nSPS) is 15.4. The summed E-state index contributed by atoms with van der Waals surface area (Å²) in [6.07, 6.45) is 1.75. The van der Waals surface area contributed by atoms with Crippen molar-refractivity contribution >= 4 is 29.2 Å². The lowest BCUT2D eigenvalue weighted by molar-refractivity contribution is 0.122. The highest BCUT2D eigenvalue weighted by Crippen LogP contribution is 2.29. The van der Waals surface area contributed by atoms with Gasteiger partial charge in [-0.1, -0.05) is 23.2 Å². The van der Waals surface area contributed by atoms with Gasteiger partial charge in [-0.15, -0.1) is 0 Å². The fourth-order valence-electron chi connectivity index (χ4n) is 2.11. The SMILES string of the molecule is Clc1ccc(-c2ccnc(N3CCOCC3)n2)c(Cl)c1. The van der Waals surface area contributed by atoms with Crippen molar-refractivity contribution in [2.75, 3.05) is 31.2 Å². The van der Waals surface area contributed by atoms with E-state index in [2.05, 4.69) is 14.9 Å². The third-order valence-electron chi connectivity index (χ3n) is 3.14. The lowest BCUT2D eigenvalue weighted by atomic mass is 10.1. The van der Waals surface area contributed by atoms with Gasteiger partial charge in [-0.3, -0.25) is 0 Å². The quantitative estimate of drug-likeness (QED) is 0.853. The fraction of sp³-hybridized carbons (Fsp3) is 0.286. The molecule has 6 heteroatoms. The third kappa shape index (κ3) is 2.87. The highest BCUT2D eigenvalue weighted by Gasteiger charge is 2.15. The summed E-state index contributed by atoms with van der Waals surface area (Å²) in [4.78, 5) is 11.0. The number of rotatable bonds is 2. The number of halogens is 2. The molecule has 2 aromatic rings. The number of nitrogens with zero attached hydrogens (tertiary/aromatic N) is 3. The number of hydrogen-bond acceptors (Lipinski definition) is 4. The van der Waals surface area contributed by atoms with Crippen molar-refractivity contribution in [3.63, 3.8) is 0 Å². The zero-order valence-corrected chi connectivity index (χ0v) is 12.2. The minimum atomic E-state index is 0.587. The van der Waals surface area contributed by atoms with Crippen molar-refractivity contribution in [1.29, 1.82) is 0 Å². The molecule has 0 unspecified atom stereocenters. The Morgan fingerprint density at radius 1 is 1.10 bits per heavy atom. The summed E-state index contributed by atoms with van der Waals surface area (Å²) in [6, 6.07) is 7.24. The maximum absolute atomic E-state index is 6.22. The van der Waals surface area contributed by atoms with Gasteiger partial charge in [-0.2, -0.15) is 0 Å². The Kier molecular flexibility index (Phi) is 4.05. The smallest absolute Gasteiger partial charge is 0.226 e. The van der Waals surface area contributed by atoms with Gasteiger partial charge < -0.3 is 9.64 Å². The average Bonchev–Trinajstić information content (AvgIpc) is 2.48. The summed E-state index contributed by atoms with van der Waals surface area (Å²) in [5, 5.41) is 1.20. The molecule has 0 spiro atoms. The van der Waals surface area contributed by atoms with Crippen LogP contribution in [-0.2, 0) is 4.74 Å². The first-order valence-corrected chi connectivity index (χ1v) is 7.11. The minimum absolute atomic E-state index is 0.587. The van der Waals surface area contributed by atoms with Crippen LogP contribution in [0.5, 0.6) is 0 Å². The van der Waals surface area contributed by atoms with Gasteiger partial charge >= 0.3 is 0 Å². The molecule has 1 aromatic carbocycles. The van der Waals surface area contributed by atoms with E-state index in [1.165, 1.54) is 0 Å². The minimum Gasteiger partial charge on any atom is -0.378 e. The van der Waals surface area contributed by atoms with Crippen LogP contribution in [0.2, 0.25) is 10.0 Å². The van der Waals surface area contributed by atoms with Crippen LogP contribution in [0.15, 0.2) is 30.5 Å². The van der Waals surface area contributed by atoms with Crippen LogP contribution in [0.3, 0.4) is 0 Å². The first-order valence-electron chi connectivity index (χ1n) is 6.35. The van der Waals surface area contributed by atoms with Crippen molar-refractivity contribution in [2.24, 2.45) is 0 Å². The maximum atomic E-state index is 6.22. The first kappa shape index (κ1) is 13.6. The summed E-state index contributed by atoms with van der Waals surface area (Å²) in [6.45, 7) is 3.01. The van der Waals surface area contributed by atoms with E-state index in [1.54, 1.807) is 18.3 Å². The molecule has 3 rings (SSSR count). The van der Waals surface area contributed by atoms with Crippen LogP contribution in [0.25, 0.3) is 11.3 Å². The number of ether oxygens (including phenoxy) is 1. The highest BCUT2D eigenvalue weighted by atomic mass is 35.5. The molecule has 1 fully saturated rings. The predicted molar refractivity (Wildman–Crippen MR) is 80.5 cm³/mol. The van der Waals surface area contributed by atoms with Gasteiger partial charge in [0.15, 0.2) is 0 Å². The van der Waals surface area contributed by atoms with Crippen LogP contribution in [0, 0.1) is 0 Å². The van der Waals surface area contributed by atoms with Gasteiger partial charge in [0.25, 0.3) is 0 Å². The molecule has 4 nitrogen and oxygen atoms in total. The summed E-state index contributed by atoms with van der Waals surface area (Å²) < 4.78 is 5.34. The van der Waals surface area contributed by atoms with Gasteiger partial charge in [-0.25, -0.2) is 9.97 Å². The largest absolute Gasteiger partial charge is 0.378 e. The Hall–Kier alpha value is -1.36. The van der Waals surface area contributed by atoms with Crippen molar-refractivity contribution in [3.05, 3.63) is 40.5 Å². The number of benzene rings is 1. The summed E-state index contributed by atoms with van der Waals surface area (Å²) >= 11 is 12.1. The van der Waals surface area contributed by atoms with Crippen LogP contribution in [0.4, 0.5) is 5.95 Å². The van der Waals surface area contributed by atoms with E-state index in [1.807, 2.05) is 12.1 Å². The highest BCUT2D eigenvalue weighted by molar-refractivity contribution is 6.36. The number of anilines is 1. The first-order chi connectivity index (χ1) is 9.74. The zero-order valence-electron chi connectivity index (χ0n) is 10.7. The lowest BCUT2D eigenvalue weighted by Crippen LogP contribution is -2.37. The maximum Gasteiger partial charge on any atom is 0.226 e. The monoisotopic (exact) mass is 309 g/mol. The van der Waals surface area contributed by atoms with Crippen LogP contribution in [0.1, 0.15) is 0 Å². The van der Waals surface area contributed by atoms with E-state index in [4.69, 9.17) is 27.9 Å². The van der Waals surface area contributed by atoms with Crippen molar-refractivity contribution in [1.82, 2.24) is 9.97 Å². The molecule has 0 N–H and O–H groups in total. The van der Waals surface area contributed by atoms with Gasteiger partial charge in [0.2, 0.25) is 5.95 Å². The van der Waals surface area contributed by atoms with Crippen molar-refractivity contribution in [2.45, 2.75) is 0 Å². The van der Waals surface area contributed by atoms with E-state index in [-0.39, 0.29) is 0 Å². The van der Waals surface area contributed by atoms with Crippen molar-refractivity contribution < 1.29 is 4.74 Å². The molecule has 0 aliphatic carbocycles. The second-order valence-electron chi connectivity index (χ2n) is 4.47. The Bertz CT molecular complexity index is 615. The Morgan fingerprint density at radius 3 is 2.65 bits per heavy atom. The second kappa shape index (κ2) is 5.95. The zero-order chi connectivity index (χ0) is 13.9. The van der Waals surface area contributed by atoms with Crippen molar-refractivity contribution in [3.8, 4) is 11.3 Å². The molecule has 1 aliphatic heterocycles. The fourth-order valence-corrected chi connectivity index (χ4v) is 2.62. The van der Waals surface area contributed by atoms with Crippen LogP contribution < -0.4 is 4.90 Å². The molecule has 1 aromatic heterocycles. The number of aromatic nitrogens is 2. The van der Waals surface area contributed by atoms with Gasteiger partial charge in [0.1, 0.15) is 0 Å². The van der Waals surface area contributed by atoms with Gasteiger partial charge in [0.05, 0.1) is 23.9 Å². The van der Waals surface area contributed by atoms with E-state index in [0.717, 1.165) is 24.3 Å². The second-order valence-corrected chi connectivity index (χ2v) is 5.31. The summed E-state index contributed by atoms with van der Waals surface area (Å²) in [7, 11) is 0. The Morgan fingerprint density at radius 2 is 1.90 bits per heavy atom. The molecule has 1 saturated heterocycles. The Balaban J connectivity index is 1.94. The summed E-state index contributed by atoms with van der Waals surface area (Å²) in [5.41, 5.74) is 1.65. The molecule has 0 amide bonds. The topological polar surface area (TPSA) is 38.2 Å².